The molecule has 2 heterocycles. The number of ether oxygens (including phenoxy) is 1. The monoisotopic (exact) mass is 417 g/mol. The van der Waals surface area contributed by atoms with Crippen molar-refractivity contribution < 1.29 is 27.1 Å². The number of aryl methyl sites for hydroxylation is 1. The van der Waals surface area contributed by atoms with Crippen LogP contribution >= 0.6 is 0 Å². The van der Waals surface area contributed by atoms with Crippen molar-refractivity contribution >= 4 is 5.91 Å². The van der Waals surface area contributed by atoms with E-state index in [1.165, 1.54) is 12.1 Å². The smallest absolute Gasteiger partial charge is 0.416 e. The summed E-state index contributed by atoms with van der Waals surface area (Å²) in [6.07, 6.45) is -3.49. The third-order valence-corrected chi connectivity index (χ3v) is 4.76. The maximum atomic E-state index is 12.9. The fourth-order valence-electron chi connectivity index (χ4n) is 3.28. The second-order valence-corrected chi connectivity index (χ2v) is 6.87. The molecule has 1 atom stereocenters. The van der Waals surface area contributed by atoms with Crippen LogP contribution in [-0.4, -0.2) is 22.7 Å². The molecule has 30 heavy (non-hydrogen) atoms. The Bertz CT molecular complexity index is 1050. The zero-order valence-corrected chi connectivity index (χ0v) is 15.8. The number of nitrogens with one attached hydrogen (secondary N) is 1. The molecule has 1 unspecified atom stereocenters. The molecule has 3 aromatic rings. The number of hydrogen-bond acceptors (Lipinski definition) is 5. The summed E-state index contributed by atoms with van der Waals surface area (Å²) in [5.74, 6) is 0.743. The highest BCUT2D eigenvalue weighted by atomic mass is 19.4. The Hall–Kier alpha value is -3.36. The van der Waals surface area contributed by atoms with Gasteiger partial charge in [-0.05, 0) is 24.3 Å². The van der Waals surface area contributed by atoms with Gasteiger partial charge in [-0.2, -0.15) is 13.2 Å². The van der Waals surface area contributed by atoms with Gasteiger partial charge in [-0.15, -0.1) is 10.2 Å². The molecular formula is C21H18F3N3O3. The summed E-state index contributed by atoms with van der Waals surface area (Å²) in [5, 5.41) is 10.6. The average molecular weight is 417 g/mol. The first-order chi connectivity index (χ1) is 14.4. The van der Waals surface area contributed by atoms with Crippen LogP contribution < -0.4 is 10.1 Å². The van der Waals surface area contributed by atoms with Crippen molar-refractivity contribution in [3.05, 3.63) is 65.5 Å². The second-order valence-electron chi connectivity index (χ2n) is 6.87. The van der Waals surface area contributed by atoms with Crippen molar-refractivity contribution in [1.82, 2.24) is 15.5 Å². The van der Waals surface area contributed by atoms with Gasteiger partial charge in [0.15, 0.2) is 0 Å². The summed E-state index contributed by atoms with van der Waals surface area (Å²) < 4.78 is 49.6. The van der Waals surface area contributed by atoms with Gasteiger partial charge in [0.25, 0.3) is 0 Å². The number of carbonyl (C=O) groups excluding carboxylic acids is 1. The molecule has 4 rings (SSSR count). The van der Waals surface area contributed by atoms with Crippen LogP contribution in [0.5, 0.6) is 5.75 Å². The Balaban J connectivity index is 1.37. The molecule has 1 aliphatic heterocycles. The molecule has 6 nitrogen and oxygen atoms in total. The van der Waals surface area contributed by atoms with Crippen molar-refractivity contribution in [1.29, 1.82) is 0 Å². The molecule has 9 heteroatoms. The van der Waals surface area contributed by atoms with E-state index in [0.717, 1.165) is 23.4 Å². The normalized spacial score (nSPS) is 15.9. The fraction of sp³-hybridized carbons (Fsp3) is 0.286. The number of nitrogens with zero attached hydrogens (tertiary/aromatic N) is 2. The second kappa shape index (κ2) is 8.17. The average Bonchev–Trinajstić information content (AvgIpc) is 3.21. The number of aromatic nitrogens is 2. The van der Waals surface area contributed by atoms with Crippen LogP contribution in [-0.2, 0) is 17.4 Å². The number of hydrogen-bond donors (Lipinski definition) is 1. The van der Waals surface area contributed by atoms with Gasteiger partial charge < -0.3 is 14.5 Å². The number of halogens is 3. The van der Waals surface area contributed by atoms with Gasteiger partial charge in [0.05, 0.1) is 18.2 Å². The molecule has 0 radical (unpaired) electrons. The van der Waals surface area contributed by atoms with E-state index in [-0.39, 0.29) is 42.1 Å². The van der Waals surface area contributed by atoms with Crippen LogP contribution in [0.25, 0.3) is 11.5 Å². The lowest BCUT2D eigenvalue weighted by Crippen LogP contribution is -2.32. The summed E-state index contributed by atoms with van der Waals surface area (Å²) in [6.45, 7) is 0.520. The number of para-hydroxylation sites is 1. The summed E-state index contributed by atoms with van der Waals surface area (Å²) in [4.78, 5) is 12.4. The molecule has 0 saturated heterocycles. The molecule has 156 valence electrons. The molecule has 0 aliphatic carbocycles. The van der Waals surface area contributed by atoms with Gasteiger partial charge in [-0.3, -0.25) is 4.79 Å². The number of carbonyl (C=O) groups is 1. The van der Waals surface area contributed by atoms with Crippen molar-refractivity contribution in [2.75, 3.05) is 6.61 Å². The Morgan fingerprint density at radius 2 is 1.97 bits per heavy atom. The number of benzene rings is 2. The highest BCUT2D eigenvalue weighted by Crippen LogP contribution is 2.32. The van der Waals surface area contributed by atoms with Gasteiger partial charge >= 0.3 is 6.18 Å². The van der Waals surface area contributed by atoms with E-state index < -0.39 is 11.7 Å². The molecule has 1 aromatic heterocycles. The molecule has 2 aromatic carbocycles. The lowest BCUT2D eigenvalue weighted by Gasteiger charge is -2.26. The van der Waals surface area contributed by atoms with E-state index in [4.69, 9.17) is 9.15 Å². The lowest BCUT2D eigenvalue weighted by molar-refractivity contribution is -0.137. The highest BCUT2D eigenvalue weighted by Gasteiger charge is 2.31. The molecule has 1 amide bonds. The van der Waals surface area contributed by atoms with E-state index in [1.807, 2.05) is 24.3 Å². The molecule has 0 saturated carbocycles. The summed E-state index contributed by atoms with van der Waals surface area (Å²) in [7, 11) is 0. The maximum Gasteiger partial charge on any atom is 0.416 e. The fourth-order valence-corrected chi connectivity index (χ4v) is 3.28. The minimum Gasteiger partial charge on any atom is -0.493 e. The molecule has 0 bridgehead atoms. The zero-order valence-electron chi connectivity index (χ0n) is 15.8. The van der Waals surface area contributed by atoms with Crippen LogP contribution in [0, 0.1) is 0 Å². The summed E-state index contributed by atoms with van der Waals surface area (Å²) >= 11 is 0. The van der Waals surface area contributed by atoms with Gasteiger partial charge in [0, 0.05) is 30.4 Å². The summed E-state index contributed by atoms with van der Waals surface area (Å²) in [6, 6.07) is 12.1. The molecule has 1 N–H and O–H groups in total. The molecule has 0 spiro atoms. The van der Waals surface area contributed by atoms with Crippen molar-refractivity contribution in [3.8, 4) is 17.2 Å². The first kappa shape index (κ1) is 19.9. The van der Waals surface area contributed by atoms with Crippen LogP contribution in [0.4, 0.5) is 13.2 Å². The van der Waals surface area contributed by atoms with Gasteiger partial charge in [0.1, 0.15) is 5.75 Å². The maximum absolute atomic E-state index is 12.9. The number of fused-ring (bicyclic) bond motifs is 1. The van der Waals surface area contributed by atoms with Crippen molar-refractivity contribution in [3.63, 3.8) is 0 Å². The van der Waals surface area contributed by atoms with Gasteiger partial charge in [-0.25, -0.2) is 0 Å². The van der Waals surface area contributed by atoms with Gasteiger partial charge in [0.2, 0.25) is 17.7 Å². The van der Waals surface area contributed by atoms with Crippen LogP contribution in [0.2, 0.25) is 0 Å². The minimum atomic E-state index is -4.46. The molecule has 1 aliphatic rings. The molecular weight excluding hydrogens is 399 g/mol. The number of rotatable bonds is 5. The Kier molecular flexibility index (Phi) is 5.43. The third kappa shape index (κ3) is 4.45. The Morgan fingerprint density at radius 3 is 2.80 bits per heavy atom. The Morgan fingerprint density at radius 1 is 1.13 bits per heavy atom. The van der Waals surface area contributed by atoms with Crippen LogP contribution in [0.15, 0.2) is 52.9 Å². The minimum absolute atomic E-state index is 0.0186. The van der Waals surface area contributed by atoms with E-state index in [0.29, 0.717) is 13.0 Å². The van der Waals surface area contributed by atoms with Gasteiger partial charge in [-0.1, -0.05) is 24.3 Å². The predicted octanol–water partition coefficient (Wildman–Crippen LogP) is 4.33. The highest BCUT2D eigenvalue weighted by molar-refractivity contribution is 5.76. The van der Waals surface area contributed by atoms with Crippen LogP contribution in [0.1, 0.15) is 35.9 Å². The topological polar surface area (TPSA) is 77.2 Å². The predicted molar refractivity (Wildman–Crippen MR) is 100 cm³/mol. The van der Waals surface area contributed by atoms with E-state index in [2.05, 4.69) is 15.5 Å². The van der Waals surface area contributed by atoms with E-state index in [9.17, 15) is 18.0 Å². The third-order valence-electron chi connectivity index (χ3n) is 4.76. The van der Waals surface area contributed by atoms with Crippen LogP contribution in [0.3, 0.4) is 0 Å². The first-order valence-electron chi connectivity index (χ1n) is 9.41. The standard InChI is InChI=1S/C21H18F3N3O3/c22-21(23,24)14-5-3-4-13(12-14)20-27-26-19(30-20)9-8-18(28)25-16-10-11-29-17-7-2-1-6-15(16)17/h1-7,12,16H,8-11H2,(H,25,28). The Labute approximate surface area is 170 Å². The van der Waals surface area contributed by atoms with Crippen molar-refractivity contribution in [2.45, 2.75) is 31.5 Å². The van der Waals surface area contributed by atoms with E-state index in [1.54, 1.807) is 0 Å². The summed E-state index contributed by atoms with van der Waals surface area (Å²) in [5.41, 5.74) is 0.310. The SMILES string of the molecule is O=C(CCc1nnc(-c2cccc(C(F)(F)F)c2)o1)NC1CCOc2ccccc21. The largest absolute Gasteiger partial charge is 0.493 e. The number of alkyl halides is 3. The number of amides is 1. The zero-order chi connectivity index (χ0) is 21.1. The van der Waals surface area contributed by atoms with E-state index >= 15 is 0 Å². The first-order valence-corrected chi connectivity index (χ1v) is 9.41. The lowest BCUT2D eigenvalue weighted by atomic mass is 10.0. The van der Waals surface area contributed by atoms with Crippen molar-refractivity contribution in [2.24, 2.45) is 0 Å². The quantitative estimate of drug-likeness (QED) is 0.669. The molecule has 0 fully saturated rings.